The van der Waals surface area contributed by atoms with Gasteiger partial charge in [-0.15, -0.1) is 0 Å². The van der Waals surface area contributed by atoms with Gasteiger partial charge in [0.05, 0.1) is 4.90 Å². The van der Waals surface area contributed by atoms with Crippen LogP contribution in [0.25, 0.3) is 0 Å². The third-order valence-corrected chi connectivity index (χ3v) is 6.11. The Kier molecular flexibility index (Phi) is 7.62. The largest absolute Gasteiger partial charge is 0.356 e. The zero-order valence-electron chi connectivity index (χ0n) is 17.7. The number of nitrogens with one attached hydrogen (secondary N) is 3. The van der Waals surface area contributed by atoms with Gasteiger partial charge >= 0.3 is 0 Å². The Labute approximate surface area is 187 Å². The maximum atomic E-state index is 12.6. The van der Waals surface area contributed by atoms with Gasteiger partial charge < -0.3 is 10.6 Å². The fourth-order valence-corrected chi connectivity index (χ4v) is 4.06. The minimum Gasteiger partial charge on any atom is -0.356 e. The molecule has 0 unspecified atom stereocenters. The highest BCUT2D eigenvalue weighted by Gasteiger charge is 2.14. The van der Waals surface area contributed by atoms with Crippen LogP contribution in [0.1, 0.15) is 28.4 Å². The highest BCUT2D eigenvalue weighted by atomic mass is 32.2. The Morgan fingerprint density at radius 3 is 2.06 bits per heavy atom. The molecule has 0 aromatic heterocycles. The van der Waals surface area contributed by atoms with Gasteiger partial charge in [0, 0.05) is 31.3 Å². The van der Waals surface area contributed by atoms with Gasteiger partial charge in [-0.25, -0.2) is 8.42 Å². The smallest absolute Gasteiger partial charge is 0.261 e. The highest BCUT2D eigenvalue weighted by Crippen LogP contribution is 2.17. The lowest BCUT2D eigenvalue weighted by Crippen LogP contribution is -2.22. The molecule has 2 amide bonds. The molecule has 0 aliphatic heterocycles. The molecular weight excluding hydrogens is 426 g/mol. The molecule has 0 saturated heterocycles. The Bertz CT molecular complexity index is 1160. The second-order valence-electron chi connectivity index (χ2n) is 7.23. The van der Waals surface area contributed by atoms with E-state index in [-0.39, 0.29) is 16.7 Å². The molecular formula is C24H25N3O4S. The zero-order valence-corrected chi connectivity index (χ0v) is 18.5. The average molecular weight is 452 g/mol. The number of hydrogen-bond donors (Lipinski definition) is 3. The Hall–Kier alpha value is -3.65. The topological polar surface area (TPSA) is 104 Å². The molecule has 0 fully saturated rings. The summed E-state index contributed by atoms with van der Waals surface area (Å²) in [6, 6.07) is 22.3. The van der Waals surface area contributed by atoms with E-state index in [1.165, 1.54) is 19.1 Å². The van der Waals surface area contributed by atoms with Crippen molar-refractivity contribution in [1.82, 2.24) is 10.6 Å². The number of amides is 2. The minimum atomic E-state index is -3.76. The van der Waals surface area contributed by atoms with Crippen molar-refractivity contribution in [2.24, 2.45) is 0 Å². The van der Waals surface area contributed by atoms with E-state index in [0.717, 1.165) is 11.1 Å². The molecule has 0 aliphatic rings. The van der Waals surface area contributed by atoms with Crippen LogP contribution < -0.4 is 15.4 Å². The quantitative estimate of drug-likeness (QED) is 0.465. The number of carbonyl (C=O) groups excluding carboxylic acids is 2. The molecule has 8 heteroatoms. The highest BCUT2D eigenvalue weighted by molar-refractivity contribution is 7.92. The van der Waals surface area contributed by atoms with Crippen molar-refractivity contribution >= 4 is 27.5 Å². The summed E-state index contributed by atoms with van der Waals surface area (Å²) in [4.78, 5) is 23.4. The molecule has 0 aliphatic carbocycles. The molecule has 166 valence electrons. The Balaban J connectivity index is 1.57. The summed E-state index contributed by atoms with van der Waals surface area (Å²) in [7, 11) is -3.76. The van der Waals surface area contributed by atoms with Gasteiger partial charge in [-0.2, -0.15) is 0 Å². The number of hydrogen-bond acceptors (Lipinski definition) is 4. The van der Waals surface area contributed by atoms with Crippen molar-refractivity contribution in [1.29, 1.82) is 0 Å². The van der Waals surface area contributed by atoms with Crippen LogP contribution in [0.15, 0.2) is 83.8 Å². The standard InChI is InChI=1S/C24H25N3O4S/c1-18(28)25-16-15-19-7-13-23(14-8-19)32(30,31)27-22-11-9-21(10-12-22)24(29)26-17-20-5-3-2-4-6-20/h2-14,27H,15-17H2,1H3,(H,25,28)(H,26,29). The lowest BCUT2D eigenvalue weighted by atomic mass is 10.1. The summed E-state index contributed by atoms with van der Waals surface area (Å²) < 4.78 is 27.8. The van der Waals surface area contributed by atoms with Crippen LogP contribution in [0.4, 0.5) is 5.69 Å². The summed E-state index contributed by atoms with van der Waals surface area (Å²) in [5.74, 6) is -0.341. The van der Waals surface area contributed by atoms with Crippen LogP contribution in [0.5, 0.6) is 0 Å². The summed E-state index contributed by atoms with van der Waals surface area (Å²) in [5, 5.41) is 5.54. The van der Waals surface area contributed by atoms with Crippen LogP contribution in [0, 0.1) is 0 Å². The van der Waals surface area contributed by atoms with Crippen LogP contribution in [-0.2, 0) is 27.8 Å². The van der Waals surface area contributed by atoms with Gasteiger partial charge in [0.15, 0.2) is 0 Å². The van der Waals surface area contributed by atoms with Crippen molar-refractivity contribution in [3.63, 3.8) is 0 Å². The van der Waals surface area contributed by atoms with Crippen molar-refractivity contribution in [3.05, 3.63) is 95.6 Å². The summed E-state index contributed by atoms with van der Waals surface area (Å²) in [6.45, 7) is 2.35. The van der Waals surface area contributed by atoms with E-state index in [1.54, 1.807) is 36.4 Å². The van der Waals surface area contributed by atoms with E-state index in [2.05, 4.69) is 15.4 Å². The molecule has 3 rings (SSSR count). The van der Waals surface area contributed by atoms with Crippen molar-refractivity contribution < 1.29 is 18.0 Å². The summed E-state index contributed by atoms with van der Waals surface area (Å²) in [5.41, 5.74) is 2.71. The van der Waals surface area contributed by atoms with Gasteiger partial charge in [0.1, 0.15) is 0 Å². The van der Waals surface area contributed by atoms with Crippen molar-refractivity contribution in [2.75, 3.05) is 11.3 Å². The summed E-state index contributed by atoms with van der Waals surface area (Å²) >= 11 is 0. The van der Waals surface area contributed by atoms with E-state index in [1.807, 2.05) is 30.3 Å². The van der Waals surface area contributed by atoms with Gasteiger partial charge in [0.2, 0.25) is 5.91 Å². The Morgan fingerprint density at radius 2 is 1.44 bits per heavy atom. The third-order valence-electron chi connectivity index (χ3n) is 4.72. The molecule has 7 nitrogen and oxygen atoms in total. The molecule has 3 aromatic carbocycles. The molecule has 0 atom stereocenters. The minimum absolute atomic E-state index is 0.104. The number of benzene rings is 3. The average Bonchev–Trinajstić information content (AvgIpc) is 2.78. The molecule has 0 saturated carbocycles. The number of sulfonamides is 1. The molecule has 0 heterocycles. The Morgan fingerprint density at radius 1 is 0.781 bits per heavy atom. The zero-order chi connectivity index (χ0) is 23.0. The number of rotatable bonds is 9. The summed E-state index contributed by atoms with van der Waals surface area (Å²) in [6.07, 6.45) is 0.612. The van der Waals surface area contributed by atoms with Crippen LogP contribution in [0.2, 0.25) is 0 Å². The molecule has 3 N–H and O–H groups in total. The van der Waals surface area contributed by atoms with Crippen LogP contribution >= 0.6 is 0 Å². The SMILES string of the molecule is CC(=O)NCCc1ccc(S(=O)(=O)Nc2ccc(C(=O)NCc3ccccc3)cc2)cc1. The predicted molar refractivity (Wildman–Crippen MR) is 124 cm³/mol. The molecule has 32 heavy (non-hydrogen) atoms. The predicted octanol–water partition coefficient (Wildman–Crippen LogP) is 3.10. The first-order valence-electron chi connectivity index (χ1n) is 10.1. The third kappa shape index (κ3) is 6.68. The maximum Gasteiger partial charge on any atom is 0.261 e. The van der Waals surface area contributed by atoms with Crippen LogP contribution in [-0.4, -0.2) is 26.8 Å². The van der Waals surface area contributed by atoms with Crippen molar-refractivity contribution in [2.45, 2.75) is 24.8 Å². The molecule has 0 bridgehead atoms. The maximum absolute atomic E-state index is 12.6. The van der Waals surface area contributed by atoms with Crippen LogP contribution in [0.3, 0.4) is 0 Å². The van der Waals surface area contributed by atoms with Gasteiger partial charge in [-0.1, -0.05) is 42.5 Å². The van der Waals surface area contributed by atoms with Gasteiger partial charge in [0.25, 0.3) is 15.9 Å². The van der Waals surface area contributed by atoms with Gasteiger partial charge in [-0.3, -0.25) is 14.3 Å². The first kappa shape index (κ1) is 23.0. The molecule has 0 radical (unpaired) electrons. The second-order valence-corrected chi connectivity index (χ2v) is 8.91. The molecule has 0 spiro atoms. The first-order valence-corrected chi connectivity index (χ1v) is 11.6. The normalized spacial score (nSPS) is 10.9. The molecule has 3 aromatic rings. The lowest BCUT2D eigenvalue weighted by molar-refractivity contribution is -0.118. The monoisotopic (exact) mass is 451 g/mol. The number of anilines is 1. The van der Waals surface area contributed by atoms with E-state index >= 15 is 0 Å². The second kappa shape index (κ2) is 10.6. The van der Waals surface area contributed by atoms with E-state index in [4.69, 9.17) is 0 Å². The van der Waals surface area contributed by atoms with E-state index < -0.39 is 10.0 Å². The number of carbonyl (C=O) groups is 2. The van der Waals surface area contributed by atoms with E-state index in [0.29, 0.717) is 30.8 Å². The van der Waals surface area contributed by atoms with E-state index in [9.17, 15) is 18.0 Å². The van der Waals surface area contributed by atoms with Gasteiger partial charge in [-0.05, 0) is 53.9 Å². The fraction of sp³-hybridized carbons (Fsp3) is 0.167. The fourth-order valence-electron chi connectivity index (χ4n) is 3.00. The first-order chi connectivity index (χ1) is 15.3. The van der Waals surface area contributed by atoms with Crippen molar-refractivity contribution in [3.8, 4) is 0 Å². The lowest BCUT2D eigenvalue weighted by Gasteiger charge is -2.10.